The van der Waals surface area contributed by atoms with E-state index >= 15 is 0 Å². The number of nitrogens with one attached hydrogen (secondary N) is 1. The van der Waals surface area contributed by atoms with Crippen LogP contribution in [0.1, 0.15) is 0 Å². The first-order chi connectivity index (χ1) is 5.83. The first-order valence-electron chi connectivity index (χ1n) is 3.53. The van der Waals surface area contributed by atoms with Crippen LogP contribution in [-0.2, 0) is 0 Å². The molecule has 66 valence electrons. The normalized spacial score (nSPS) is 9.83. The van der Waals surface area contributed by atoms with E-state index in [0.29, 0.717) is 5.95 Å². The lowest BCUT2D eigenvalue weighted by atomic mass is 10.6. The van der Waals surface area contributed by atoms with Crippen LogP contribution in [0.15, 0.2) is 16.9 Å². The van der Waals surface area contributed by atoms with Crippen LogP contribution in [0.25, 0.3) is 0 Å². The van der Waals surface area contributed by atoms with Gasteiger partial charge in [-0.1, -0.05) is 0 Å². The summed E-state index contributed by atoms with van der Waals surface area (Å²) in [5.41, 5.74) is 0. The Hall–Kier alpha value is -0.290. The largest absolute Gasteiger partial charge is 0.353 e. The minimum absolute atomic E-state index is 0.687. The van der Waals surface area contributed by atoms with Gasteiger partial charge in [0.25, 0.3) is 0 Å². The summed E-state index contributed by atoms with van der Waals surface area (Å²) in [6, 6.07) is 0. The summed E-state index contributed by atoms with van der Waals surface area (Å²) >= 11 is 5.07. The topological polar surface area (TPSA) is 37.8 Å². The van der Waals surface area contributed by atoms with Crippen molar-refractivity contribution < 1.29 is 0 Å². The molecule has 0 radical (unpaired) electrons. The summed E-state index contributed by atoms with van der Waals surface area (Å²) in [4.78, 5) is 8.14. The number of nitrogens with zero attached hydrogens (tertiary/aromatic N) is 2. The Morgan fingerprint density at radius 3 is 2.75 bits per heavy atom. The summed E-state index contributed by atoms with van der Waals surface area (Å²) in [5.74, 6) is 1.76. The lowest BCUT2D eigenvalue weighted by Crippen LogP contribution is -2.06. The maximum Gasteiger partial charge on any atom is 0.222 e. The molecule has 3 nitrogen and oxygen atoms in total. The first kappa shape index (κ1) is 9.80. The van der Waals surface area contributed by atoms with E-state index in [1.807, 2.05) is 0 Å². The molecular weight excluding hydrogens is 238 g/mol. The second-order valence-corrected chi connectivity index (χ2v) is 4.05. The van der Waals surface area contributed by atoms with Crippen molar-refractivity contribution in [3.8, 4) is 0 Å². The van der Waals surface area contributed by atoms with Crippen molar-refractivity contribution in [3.05, 3.63) is 16.9 Å². The van der Waals surface area contributed by atoms with Gasteiger partial charge >= 0.3 is 0 Å². The monoisotopic (exact) mass is 247 g/mol. The predicted molar refractivity (Wildman–Crippen MR) is 56.6 cm³/mol. The van der Waals surface area contributed by atoms with E-state index in [2.05, 4.69) is 37.5 Å². The molecule has 1 aromatic rings. The van der Waals surface area contributed by atoms with E-state index < -0.39 is 0 Å². The summed E-state index contributed by atoms with van der Waals surface area (Å²) < 4.78 is 0.901. The van der Waals surface area contributed by atoms with E-state index in [0.717, 1.165) is 16.8 Å². The quantitative estimate of drug-likeness (QED) is 0.827. The fraction of sp³-hybridized carbons (Fsp3) is 0.429. The van der Waals surface area contributed by atoms with Crippen LogP contribution in [0.4, 0.5) is 5.95 Å². The predicted octanol–water partition coefficient (Wildman–Crippen LogP) is 2.01. The van der Waals surface area contributed by atoms with Gasteiger partial charge in [-0.05, 0) is 22.2 Å². The van der Waals surface area contributed by atoms with Crippen LogP contribution in [-0.4, -0.2) is 28.5 Å². The van der Waals surface area contributed by atoms with Crippen molar-refractivity contribution in [2.75, 3.05) is 23.9 Å². The molecule has 0 saturated heterocycles. The molecule has 0 aliphatic carbocycles. The zero-order chi connectivity index (χ0) is 8.81. The number of hydrogen-bond acceptors (Lipinski definition) is 4. The highest BCUT2D eigenvalue weighted by molar-refractivity contribution is 9.10. The van der Waals surface area contributed by atoms with Crippen LogP contribution >= 0.6 is 27.7 Å². The Labute approximate surface area is 84.5 Å². The molecule has 0 aliphatic rings. The SMILES string of the molecule is CSCCNc1ncc(Br)cn1. The van der Waals surface area contributed by atoms with Crippen molar-refractivity contribution >= 4 is 33.6 Å². The number of anilines is 1. The zero-order valence-corrected chi connectivity index (χ0v) is 9.15. The number of thioether (sulfide) groups is 1. The number of halogens is 1. The third-order valence-electron chi connectivity index (χ3n) is 1.21. The molecule has 1 rings (SSSR count). The zero-order valence-electron chi connectivity index (χ0n) is 6.75. The smallest absolute Gasteiger partial charge is 0.222 e. The van der Waals surface area contributed by atoms with Gasteiger partial charge < -0.3 is 5.32 Å². The standard InChI is InChI=1S/C7H10BrN3S/c1-12-3-2-9-7-10-4-6(8)5-11-7/h4-5H,2-3H2,1H3,(H,9,10,11). The maximum atomic E-state index is 4.07. The Kier molecular flexibility index (Phi) is 4.39. The second-order valence-electron chi connectivity index (χ2n) is 2.14. The first-order valence-corrected chi connectivity index (χ1v) is 5.72. The molecule has 0 aromatic carbocycles. The highest BCUT2D eigenvalue weighted by Gasteiger charge is 1.92. The van der Waals surface area contributed by atoms with E-state index in [1.165, 1.54) is 0 Å². The summed E-state index contributed by atoms with van der Waals surface area (Å²) in [6.45, 7) is 0.906. The highest BCUT2D eigenvalue weighted by Crippen LogP contribution is 2.06. The fourth-order valence-corrected chi connectivity index (χ4v) is 1.18. The molecule has 1 aromatic heterocycles. The van der Waals surface area contributed by atoms with E-state index in [4.69, 9.17) is 0 Å². The maximum absolute atomic E-state index is 4.07. The van der Waals surface area contributed by atoms with Gasteiger partial charge in [0.1, 0.15) is 0 Å². The van der Waals surface area contributed by atoms with E-state index in [-0.39, 0.29) is 0 Å². The third-order valence-corrected chi connectivity index (χ3v) is 2.23. The highest BCUT2D eigenvalue weighted by atomic mass is 79.9. The molecular formula is C7H10BrN3S. The van der Waals surface area contributed by atoms with Crippen molar-refractivity contribution in [1.29, 1.82) is 0 Å². The van der Waals surface area contributed by atoms with Crippen LogP contribution in [0.3, 0.4) is 0 Å². The number of hydrogen-bond donors (Lipinski definition) is 1. The van der Waals surface area contributed by atoms with Gasteiger partial charge in [-0.3, -0.25) is 0 Å². The van der Waals surface area contributed by atoms with Crippen molar-refractivity contribution in [2.24, 2.45) is 0 Å². The summed E-state index contributed by atoms with van der Waals surface area (Å²) in [5, 5.41) is 3.11. The number of rotatable bonds is 4. The van der Waals surface area contributed by atoms with E-state index in [9.17, 15) is 0 Å². The van der Waals surface area contributed by atoms with Gasteiger partial charge in [-0.15, -0.1) is 0 Å². The summed E-state index contributed by atoms with van der Waals surface area (Å²) in [7, 11) is 0. The van der Waals surface area contributed by atoms with Gasteiger partial charge in [0.05, 0.1) is 4.47 Å². The third kappa shape index (κ3) is 3.40. The average Bonchev–Trinajstić information content (AvgIpc) is 2.09. The van der Waals surface area contributed by atoms with Crippen molar-refractivity contribution in [2.45, 2.75) is 0 Å². The lowest BCUT2D eigenvalue weighted by Gasteiger charge is -2.01. The average molecular weight is 248 g/mol. The molecule has 5 heteroatoms. The molecule has 0 saturated carbocycles. The molecule has 0 aliphatic heterocycles. The van der Waals surface area contributed by atoms with Crippen molar-refractivity contribution in [3.63, 3.8) is 0 Å². The molecule has 0 unspecified atom stereocenters. The minimum Gasteiger partial charge on any atom is -0.353 e. The molecule has 0 fully saturated rings. The van der Waals surface area contributed by atoms with E-state index in [1.54, 1.807) is 24.2 Å². The second kappa shape index (κ2) is 5.37. The Balaban J connectivity index is 2.37. The molecule has 0 bridgehead atoms. The van der Waals surface area contributed by atoms with Crippen LogP contribution in [0.2, 0.25) is 0 Å². The molecule has 1 heterocycles. The van der Waals surface area contributed by atoms with Crippen LogP contribution in [0.5, 0.6) is 0 Å². The van der Waals surface area contributed by atoms with Gasteiger partial charge in [-0.2, -0.15) is 11.8 Å². The van der Waals surface area contributed by atoms with Gasteiger partial charge in [0, 0.05) is 24.7 Å². The van der Waals surface area contributed by atoms with Gasteiger partial charge in [-0.25, -0.2) is 9.97 Å². The molecule has 1 N–H and O–H groups in total. The lowest BCUT2D eigenvalue weighted by molar-refractivity contribution is 1.08. The summed E-state index contributed by atoms with van der Waals surface area (Å²) in [6.07, 6.45) is 5.53. The van der Waals surface area contributed by atoms with Crippen LogP contribution in [0, 0.1) is 0 Å². The molecule has 0 amide bonds. The Morgan fingerprint density at radius 2 is 2.17 bits per heavy atom. The Morgan fingerprint density at radius 1 is 1.50 bits per heavy atom. The molecule has 12 heavy (non-hydrogen) atoms. The van der Waals surface area contributed by atoms with Crippen LogP contribution < -0.4 is 5.32 Å². The van der Waals surface area contributed by atoms with Gasteiger partial charge in [0.2, 0.25) is 5.95 Å². The molecule has 0 spiro atoms. The Bertz CT molecular complexity index is 227. The minimum atomic E-state index is 0.687. The fourth-order valence-electron chi connectivity index (χ4n) is 0.668. The number of aromatic nitrogens is 2. The molecule has 0 atom stereocenters. The van der Waals surface area contributed by atoms with Gasteiger partial charge in [0.15, 0.2) is 0 Å². The van der Waals surface area contributed by atoms with Crippen molar-refractivity contribution in [1.82, 2.24) is 9.97 Å².